The van der Waals surface area contributed by atoms with Crippen LogP contribution in [-0.4, -0.2) is 16.0 Å². The monoisotopic (exact) mass is 287 g/mol. The van der Waals surface area contributed by atoms with Crippen molar-refractivity contribution in [3.05, 3.63) is 47.3 Å². The van der Waals surface area contributed by atoms with Gasteiger partial charge in [-0.1, -0.05) is 26.0 Å². The number of benzene rings is 1. The summed E-state index contributed by atoms with van der Waals surface area (Å²) >= 11 is 1.61. The van der Waals surface area contributed by atoms with Crippen molar-refractivity contribution < 1.29 is 0 Å². The van der Waals surface area contributed by atoms with E-state index < -0.39 is 0 Å². The molecule has 0 aliphatic carbocycles. The van der Waals surface area contributed by atoms with Gasteiger partial charge in [-0.25, -0.2) is 9.97 Å². The number of nitrogens with one attached hydrogen (secondary N) is 1. The fraction of sp³-hybridized carbons (Fsp3) is 0.375. The van der Waals surface area contributed by atoms with Gasteiger partial charge in [-0.3, -0.25) is 0 Å². The highest BCUT2D eigenvalue weighted by Gasteiger charge is 2.05. The molecule has 0 aliphatic rings. The van der Waals surface area contributed by atoms with Crippen molar-refractivity contribution in [2.75, 3.05) is 0 Å². The molecule has 2 aromatic rings. The zero-order valence-electron chi connectivity index (χ0n) is 12.5. The van der Waals surface area contributed by atoms with Crippen LogP contribution in [0.4, 0.5) is 0 Å². The highest BCUT2D eigenvalue weighted by atomic mass is 32.2. The highest BCUT2D eigenvalue weighted by molar-refractivity contribution is 7.99. The van der Waals surface area contributed by atoms with Gasteiger partial charge in [0.1, 0.15) is 0 Å². The lowest BCUT2D eigenvalue weighted by Gasteiger charge is -2.10. The van der Waals surface area contributed by atoms with Crippen LogP contribution in [0.1, 0.15) is 30.5 Å². The zero-order valence-corrected chi connectivity index (χ0v) is 13.3. The average molecular weight is 287 g/mol. The van der Waals surface area contributed by atoms with E-state index in [1.807, 2.05) is 19.3 Å². The highest BCUT2D eigenvalue weighted by Crippen LogP contribution is 2.28. The second kappa shape index (κ2) is 6.86. The number of nitrogens with zero attached hydrogens (tertiary/aromatic N) is 2. The maximum atomic E-state index is 4.34. The molecular formula is C16H21N3S. The van der Waals surface area contributed by atoms with Gasteiger partial charge in [-0.05, 0) is 48.4 Å². The average Bonchev–Trinajstić information content (AvgIpc) is 2.41. The standard InChI is InChI=1S/C16H21N3S/c1-11(2)17-10-14-5-6-15(13(4)7-14)20-16-18-8-12(3)9-19-16/h5-9,11,17H,10H2,1-4H3. The van der Waals surface area contributed by atoms with Crippen LogP contribution >= 0.6 is 11.8 Å². The van der Waals surface area contributed by atoms with Crippen LogP contribution in [0.25, 0.3) is 0 Å². The first-order chi connectivity index (χ1) is 9.54. The lowest BCUT2D eigenvalue weighted by atomic mass is 10.1. The van der Waals surface area contributed by atoms with Crippen molar-refractivity contribution in [3.63, 3.8) is 0 Å². The first-order valence-corrected chi connectivity index (χ1v) is 7.65. The van der Waals surface area contributed by atoms with Crippen molar-refractivity contribution in [3.8, 4) is 0 Å². The molecule has 0 atom stereocenters. The van der Waals surface area contributed by atoms with Crippen molar-refractivity contribution in [1.82, 2.24) is 15.3 Å². The summed E-state index contributed by atoms with van der Waals surface area (Å²) < 4.78 is 0. The second-order valence-corrected chi connectivity index (χ2v) is 6.29. The van der Waals surface area contributed by atoms with Gasteiger partial charge in [0.2, 0.25) is 0 Å². The van der Waals surface area contributed by atoms with E-state index in [9.17, 15) is 0 Å². The van der Waals surface area contributed by atoms with E-state index in [1.54, 1.807) is 11.8 Å². The summed E-state index contributed by atoms with van der Waals surface area (Å²) in [5.41, 5.74) is 3.66. The summed E-state index contributed by atoms with van der Waals surface area (Å²) in [5.74, 6) is 0. The minimum absolute atomic E-state index is 0.505. The van der Waals surface area contributed by atoms with Gasteiger partial charge in [0.05, 0.1) is 0 Å². The Balaban J connectivity index is 2.07. The third-order valence-corrected chi connectivity index (χ3v) is 3.98. The molecule has 1 heterocycles. The Bertz CT molecular complexity index is 564. The lowest BCUT2D eigenvalue weighted by Crippen LogP contribution is -2.21. The van der Waals surface area contributed by atoms with Crippen molar-refractivity contribution >= 4 is 11.8 Å². The fourth-order valence-electron chi connectivity index (χ4n) is 1.79. The fourth-order valence-corrected chi connectivity index (χ4v) is 2.55. The van der Waals surface area contributed by atoms with Gasteiger partial charge < -0.3 is 5.32 Å². The van der Waals surface area contributed by atoms with E-state index >= 15 is 0 Å². The Kier molecular flexibility index (Phi) is 5.15. The van der Waals surface area contributed by atoms with E-state index in [1.165, 1.54) is 16.0 Å². The van der Waals surface area contributed by atoms with E-state index in [2.05, 4.69) is 54.3 Å². The Labute approximate surface area is 125 Å². The molecule has 106 valence electrons. The van der Waals surface area contributed by atoms with E-state index in [0.29, 0.717) is 6.04 Å². The number of hydrogen-bond acceptors (Lipinski definition) is 4. The van der Waals surface area contributed by atoms with Crippen molar-refractivity contribution in [2.45, 2.75) is 50.3 Å². The number of aryl methyl sites for hydroxylation is 2. The molecule has 20 heavy (non-hydrogen) atoms. The minimum Gasteiger partial charge on any atom is -0.310 e. The molecule has 0 bridgehead atoms. The number of hydrogen-bond donors (Lipinski definition) is 1. The number of aromatic nitrogens is 2. The SMILES string of the molecule is Cc1cnc(Sc2ccc(CNC(C)C)cc2C)nc1. The van der Waals surface area contributed by atoms with Crippen LogP contribution in [0.2, 0.25) is 0 Å². The van der Waals surface area contributed by atoms with Gasteiger partial charge in [0.15, 0.2) is 5.16 Å². The second-order valence-electron chi connectivity index (χ2n) is 5.28. The maximum absolute atomic E-state index is 4.34. The summed E-state index contributed by atoms with van der Waals surface area (Å²) in [6.07, 6.45) is 3.71. The van der Waals surface area contributed by atoms with Crippen molar-refractivity contribution in [1.29, 1.82) is 0 Å². The molecule has 0 aliphatic heterocycles. The minimum atomic E-state index is 0.505. The summed E-state index contributed by atoms with van der Waals surface area (Å²) in [6, 6.07) is 7.05. The summed E-state index contributed by atoms with van der Waals surface area (Å²) in [7, 11) is 0. The molecule has 0 spiro atoms. The molecule has 0 saturated heterocycles. The zero-order chi connectivity index (χ0) is 14.5. The van der Waals surface area contributed by atoms with E-state index in [-0.39, 0.29) is 0 Å². The third-order valence-electron chi connectivity index (χ3n) is 2.91. The Morgan fingerprint density at radius 1 is 1.15 bits per heavy atom. The summed E-state index contributed by atoms with van der Waals surface area (Å²) in [5, 5.41) is 4.23. The Morgan fingerprint density at radius 3 is 2.45 bits per heavy atom. The van der Waals surface area contributed by atoms with Crippen LogP contribution in [0.15, 0.2) is 40.6 Å². The Hall–Kier alpha value is -1.39. The predicted octanol–water partition coefficient (Wildman–Crippen LogP) is 3.74. The number of rotatable bonds is 5. The van der Waals surface area contributed by atoms with Crippen LogP contribution in [0.3, 0.4) is 0 Å². The molecule has 1 N–H and O–H groups in total. The summed E-state index contributed by atoms with van der Waals surface area (Å²) in [6.45, 7) is 9.35. The lowest BCUT2D eigenvalue weighted by molar-refractivity contribution is 0.588. The quantitative estimate of drug-likeness (QED) is 0.850. The van der Waals surface area contributed by atoms with Crippen LogP contribution in [-0.2, 0) is 6.54 Å². The smallest absolute Gasteiger partial charge is 0.192 e. The molecule has 0 radical (unpaired) electrons. The molecule has 1 aromatic heterocycles. The topological polar surface area (TPSA) is 37.8 Å². The molecule has 4 heteroatoms. The van der Waals surface area contributed by atoms with Crippen LogP contribution < -0.4 is 5.32 Å². The van der Waals surface area contributed by atoms with Gasteiger partial charge >= 0.3 is 0 Å². The maximum Gasteiger partial charge on any atom is 0.192 e. The van der Waals surface area contributed by atoms with E-state index in [0.717, 1.165) is 17.3 Å². The third kappa shape index (κ3) is 4.32. The van der Waals surface area contributed by atoms with Gasteiger partial charge in [-0.2, -0.15) is 0 Å². The van der Waals surface area contributed by atoms with Crippen LogP contribution in [0.5, 0.6) is 0 Å². The van der Waals surface area contributed by atoms with Gasteiger partial charge in [0.25, 0.3) is 0 Å². The van der Waals surface area contributed by atoms with Crippen molar-refractivity contribution in [2.24, 2.45) is 0 Å². The summed E-state index contributed by atoms with van der Waals surface area (Å²) in [4.78, 5) is 9.88. The van der Waals surface area contributed by atoms with Crippen LogP contribution in [0, 0.1) is 13.8 Å². The largest absolute Gasteiger partial charge is 0.310 e. The molecule has 3 nitrogen and oxygen atoms in total. The normalized spacial score (nSPS) is 11.1. The van der Waals surface area contributed by atoms with Gasteiger partial charge in [0, 0.05) is 29.9 Å². The molecular weight excluding hydrogens is 266 g/mol. The molecule has 1 aromatic carbocycles. The molecule has 0 unspecified atom stereocenters. The van der Waals surface area contributed by atoms with Gasteiger partial charge in [-0.15, -0.1) is 0 Å². The Morgan fingerprint density at radius 2 is 1.85 bits per heavy atom. The molecule has 0 amide bonds. The predicted molar refractivity (Wildman–Crippen MR) is 84.0 cm³/mol. The first-order valence-electron chi connectivity index (χ1n) is 6.84. The molecule has 0 saturated carbocycles. The molecule has 0 fully saturated rings. The molecule has 2 rings (SSSR count). The van der Waals surface area contributed by atoms with E-state index in [4.69, 9.17) is 0 Å². The first kappa shape index (κ1) is 15.0.